The summed E-state index contributed by atoms with van der Waals surface area (Å²) in [6, 6.07) is 8.31. The van der Waals surface area contributed by atoms with Crippen molar-refractivity contribution < 1.29 is 9.13 Å². The van der Waals surface area contributed by atoms with Crippen LogP contribution < -0.4 is 15.4 Å². The number of guanidine groups is 1. The topological polar surface area (TPSA) is 71.4 Å². The summed E-state index contributed by atoms with van der Waals surface area (Å²) in [6.45, 7) is 7.92. The lowest BCUT2D eigenvalue weighted by Gasteiger charge is -2.11. The molecule has 6 nitrogen and oxygen atoms in total. The third kappa shape index (κ3) is 7.73. The van der Waals surface area contributed by atoms with Crippen molar-refractivity contribution in [2.45, 2.75) is 39.8 Å². The lowest BCUT2D eigenvalue weighted by molar-refractivity contribution is 0.440. The highest BCUT2D eigenvalue weighted by atomic mass is 127. The fraction of sp³-hybridized carbons (Fsp3) is 0.318. The molecular weight excluding hydrogens is 528 g/mol. The normalized spacial score (nSPS) is 11.2. The van der Waals surface area contributed by atoms with Gasteiger partial charge in [-0.15, -0.1) is 35.3 Å². The summed E-state index contributed by atoms with van der Waals surface area (Å²) in [5, 5.41) is 9.57. The van der Waals surface area contributed by atoms with E-state index >= 15 is 0 Å². The Bertz CT molecular complexity index is 981. The van der Waals surface area contributed by atoms with E-state index in [9.17, 15) is 4.39 Å². The number of hydrogen-bond acceptors (Lipinski definition) is 5. The first-order valence-corrected chi connectivity index (χ1v) is 10.8. The van der Waals surface area contributed by atoms with Gasteiger partial charge in [0.1, 0.15) is 10.8 Å². The maximum absolute atomic E-state index is 14.4. The number of benzene rings is 1. The van der Waals surface area contributed by atoms with Gasteiger partial charge < -0.3 is 15.4 Å². The Morgan fingerprint density at radius 3 is 2.74 bits per heavy atom. The fourth-order valence-corrected chi connectivity index (χ4v) is 3.50. The highest BCUT2D eigenvalue weighted by Gasteiger charge is 2.08. The standard InChI is InChI=1S/C22H26FN5OS.HI/c1-4-25-22(27-13-21-28-19(14-30-21)15(2)3)26-11-16-7-8-20(18(23)10-16)29-17-6-5-9-24-12-17;/h5-10,12,14-15H,4,11,13H2,1-3H3,(H2,25,26,27);1H. The van der Waals surface area contributed by atoms with Gasteiger partial charge in [-0.2, -0.15) is 0 Å². The minimum Gasteiger partial charge on any atom is -0.453 e. The molecule has 0 saturated heterocycles. The summed E-state index contributed by atoms with van der Waals surface area (Å²) in [4.78, 5) is 13.1. The van der Waals surface area contributed by atoms with E-state index in [1.165, 1.54) is 6.07 Å². The number of ether oxygens (including phenoxy) is 1. The Morgan fingerprint density at radius 1 is 1.26 bits per heavy atom. The molecule has 0 unspecified atom stereocenters. The Labute approximate surface area is 203 Å². The van der Waals surface area contributed by atoms with Crippen LogP contribution in [-0.2, 0) is 13.1 Å². The second-order valence-corrected chi connectivity index (χ2v) is 7.87. The molecular formula is C22H27FIN5OS. The number of pyridine rings is 1. The average molecular weight is 555 g/mol. The monoisotopic (exact) mass is 555 g/mol. The number of thiazole rings is 1. The van der Waals surface area contributed by atoms with Crippen LogP contribution in [-0.4, -0.2) is 22.5 Å². The van der Waals surface area contributed by atoms with Crippen LogP contribution in [0.3, 0.4) is 0 Å². The minimum atomic E-state index is -0.437. The van der Waals surface area contributed by atoms with E-state index in [2.05, 4.69) is 44.8 Å². The van der Waals surface area contributed by atoms with Gasteiger partial charge in [0.05, 0.1) is 25.0 Å². The highest BCUT2D eigenvalue weighted by Crippen LogP contribution is 2.24. The Hall–Kier alpha value is -2.27. The molecule has 0 amide bonds. The Kier molecular flexibility index (Phi) is 10.1. The van der Waals surface area contributed by atoms with E-state index in [-0.39, 0.29) is 29.7 Å². The summed E-state index contributed by atoms with van der Waals surface area (Å²) in [5.74, 6) is 1.29. The van der Waals surface area contributed by atoms with E-state index < -0.39 is 5.82 Å². The van der Waals surface area contributed by atoms with Crippen LogP contribution in [0.1, 0.15) is 43.0 Å². The van der Waals surface area contributed by atoms with Gasteiger partial charge in [-0.05, 0) is 42.7 Å². The van der Waals surface area contributed by atoms with Gasteiger partial charge in [0.2, 0.25) is 0 Å². The number of nitrogens with one attached hydrogen (secondary N) is 2. The van der Waals surface area contributed by atoms with Gasteiger partial charge in [0, 0.05) is 18.1 Å². The Balaban J connectivity index is 0.00000341. The van der Waals surface area contributed by atoms with Gasteiger partial charge in [-0.25, -0.2) is 14.4 Å². The van der Waals surface area contributed by atoms with E-state index in [1.807, 2.05) is 6.92 Å². The number of aromatic nitrogens is 2. The van der Waals surface area contributed by atoms with Crippen molar-refractivity contribution in [3.05, 3.63) is 70.2 Å². The number of halogens is 2. The molecule has 0 aliphatic heterocycles. The van der Waals surface area contributed by atoms with Crippen molar-refractivity contribution in [3.8, 4) is 11.5 Å². The van der Waals surface area contributed by atoms with Crippen molar-refractivity contribution in [3.63, 3.8) is 0 Å². The van der Waals surface area contributed by atoms with Crippen LogP contribution in [0.15, 0.2) is 53.1 Å². The predicted octanol–water partition coefficient (Wildman–Crippen LogP) is 5.47. The largest absolute Gasteiger partial charge is 0.453 e. The van der Waals surface area contributed by atoms with Crippen LogP contribution in [0.2, 0.25) is 0 Å². The van der Waals surface area contributed by atoms with Crippen LogP contribution in [0.5, 0.6) is 11.5 Å². The first kappa shape index (κ1) is 25.0. The van der Waals surface area contributed by atoms with Gasteiger partial charge >= 0.3 is 0 Å². The second-order valence-electron chi connectivity index (χ2n) is 6.93. The molecule has 3 aromatic rings. The lowest BCUT2D eigenvalue weighted by Crippen LogP contribution is -2.36. The number of hydrogen-bond donors (Lipinski definition) is 2. The van der Waals surface area contributed by atoms with E-state index in [0.717, 1.165) is 22.8 Å². The molecule has 0 spiro atoms. The molecule has 0 saturated carbocycles. The molecule has 0 aliphatic carbocycles. The molecule has 31 heavy (non-hydrogen) atoms. The highest BCUT2D eigenvalue weighted by molar-refractivity contribution is 14.0. The first-order chi connectivity index (χ1) is 14.5. The van der Waals surface area contributed by atoms with Crippen molar-refractivity contribution in [2.75, 3.05) is 6.54 Å². The van der Waals surface area contributed by atoms with Crippen LogP contribution in [0.4, 0.5) is 4.39 Å². The van der Waals surface area contributed by atoms with Gasteiger partial charge in [0.25, 0.3) is 0 Å². The molecule has 2 heterocycles. The average Bonchev–Trinajstić information content (AvgIpc) is 3.22. The fourth-order valence-electron chi connectivity index (χ4n) is 2.60. The molecule has 0 fully saturated rings. The van der Waals surface area contributed by atoms with Gasteiger partial charge in [0.15, 0.2) is 17.5 Å². The molecule has 0 bridgehead atoms. The predicted molar refractivity (Wildman–Crippen MR) is 134 cm³/mol. The van der Waals surface area contributed by atoms with Crippen LogP contribution in [0.25, 0.3) is 0 Å². The molecule has 0 radical (unpaired) electrons. The maximum Gasteiger partial charge on any atom is 0.191 e. The molecule has 9 heteroatoms. The van der Waals surface area contributed by atoms with E-state index in [0.29, 0.717) is 30.7 Å². The molecule has 166 valence electrons. The van der Waals surface area contributed by atoms with E-state index in [1.54, 1.807) is 48.0 Å². The number of rotatable bonds is 8. The number of aliphatic imine (C=N–C) groups is 1. The third-order valence-electron chi connectivity index (χ3n) is 4.19. The van der Waals surface area contributed by atoms with Crippen molar-refractivity contribution in [2.24, 2.45) is 4.99 Å². The van der Waals surface area contributed by atoms with Gasteiger partial charge in [-0.3, -0.25) is 4.98 Å². The number of nitrogens with zero attached hydrogens (tertiary/aromatic N) is 3. The molecule has 0 atom stereocenters. The van der Waals surface area contributed by atoms with Gasteiger partial charge in [-0.1, -0.05) is 19.9 Å². The van der Waals surface area contributed by atoms with Crippen LogP contribution >= 0.6 is 35.3 Å². The SMILES string of the molecule is CCNC(=NCc1ccc(Oc2cccnc2)c(F)c1)NCc1nc(C(C)C)cs1.I. The second kappa shape index (κ2) is 12.6. The van der Waals surface area contributed by atoms with E-state index in [4.69, 9.17) is 4.74 Å². The summed E-state index contributed by atoms with van der Waals surface area (Å²) in [6.07, 6.45) is 3.18. The third-order valence-corrected chi connectivity index (χ3v) is 5.06. The quantitative estimate of drug-likeness (QED) is 0.219. The Morgan fingerprint density at radius 2 is 2.10 bits per heavy atom. The summed E-state index contributed by atoms with van der Waals surface area (Å²) < 4.78 is 19.9. The zero-order chi connectivity index (χ0) is 21.3. The maximum atomic E-state index is 14.4. The summed E-state index contributed by atoms with van der Waals surface area (Å²) >= 11 is 1.63. The van der Waals surface area contributed by atoms with Crippen LogP contribution in [0, 0.1) is 5.82 Å². The summed E-state index contributed by atoms with van der Waals surface area (Å²) in [5.41, 5.74) is 1.85. The lowest BCUT2D eigenvalue weighted by atomic mass is 10.2. The first-order valence-electron chi connectivity index (χ1n) is 9.88. The van der Waals surface area contributed by atoms with Crippen molar-refractivity contribution >= 4 is 41.3 Å². The zero-order valence-electron chi connectivity index (χ0n) is 17.8. The molecule has 3 rings (SSSR count). The molecule has 2 N–H and O–H groups in total. The van der Waals surface area contributed by atoms with Crippen molar-refractivity contribution in [1.82, 2.24) is 20.6 Å². The van der Waals surface area contributed by atoms with Crippen molar-refractivity contribution in [1.29, 1.82) is 0 Å². The molecule has 0 aliphatic rings. The summed E-state index contributed by atoms with van der Waals surface area (Å²) in [7, 11) is 0. The zero-order valence-corrected chi connectivity index (χ0v) is 20.9. The smallest absolute Gasteiger partial charge is 0.191 e. The molecule has 2 aromatic heterocycles. The minimum absolute atomic E-state index is 0. The molecule has 1 aromatic carbocycles.